The molecule has 1 unspecified atom stereocenters. The molecule has 3 aromatic rings. The molecule has 1 fully saturated rings. The average molecular weight is 309 g/mol. The molecule has 1 atom stereocenters. The molecule has 6 nitrogen and oxygen atoms in total. The van der Waals surface area contributed by atoms with E-state index in [1.165, 1.54) is 0 Å². The molecule has 6 heteroatoms. The van der Waals surface area contributed by atoms with Crippen LogP contribution in [0.2, 0.25) is 0 Å². The number of aromatic nitrogens is 4. The van der Waals surface area contributed by atoms with E-state index >= 15 is 0 Å². The number of aliphatic hydroxyl groups excluding tert-OH is 1. The molecule has 1 aromatic carbocycles. The Balaban J connectivity index is 1.76. The molecule has 0 aliphatic carbocycles. The van der Waals surface area contributed by atoms with Crippen LogP contribution in [-0.2, 0) is 0 Å². The second-order valence-electron chi connectivity index (χ2n) is 5.96. The molecule has 23 heavy (non-hydrogen) atoms. The molecule has 0 saturated carbocycles. The Labute approximate surface area is 134 Å². The fraction of sp³-hybridized carbons (Fsp3) is 0.353. The van der Waals surface area contributed by atoms with E-state index < -0.39 is 0 Å². The zero-order valence-corrected chi connectivity index (χ0v) is 12.8. The van der Waals surface area contributed by atoms with Gasteiger partial charge in [0.25, 0.3) is 0 Å². The van der Waals surface area contributed by atoms with Crippen LogP contribution >= 0.6 is 0 Å². The van der Waals surface area contributed by atoms with Crippen LogP contribution in [0.4, 0.5) is 5.82 Å². The summed E-state index contributed by atoms with van der Waals surface area (Å²) in [5.41, 5.74) is 1.80. The Morgan fingerprint density at radius 1 is 1.17 bits per heavy atom. The van der Waals surface area contributed by atoms with Gasteiger partial charge >= 0.3 is 0 Å². The lowest BCUT2D eigenvalue weighted by molar-refractivity contribution is 0.208. The Morgan fingerprint density at radius 2 is 2.04 bits per heavy atom. The third kappa shape index (κ3) is 2.55. The van der Waals surface area contributed by atoms with E-state index in [1.807, 2.05) is 41.2 Å². The van der Waals surface area contributed by atoms with Gasteiger partial charge in [-0.15, -0.1) is 0 Å². The van der Waals surface area contributed by atoms with Crippen LogP contribution in [-0.4, -0.2) is 44.6 Å². The molecular formula is C17H19N5O. The van der Waals surface area contributed by atoms with Gasteiger partial charge in [0, 0.05) is 19.7 Å². The summed E-state index contributed by atoms with van der Waals surface area (Å²) in [5.74, 6) is 1.23. The van der Waals surface area contributed by atoms with Crippen LogP contribution in [0.3, 0.4) is 0 Å². The second-order valence-corrected chi connectivity index (χ2v) is 5.96. The molecule has 1 saturated heterocycles. The first kappa shape index (κ1) is 14.1. The van der Waals surface area contributed by atoms with Gasteiger partial charge in [0.1, 0.15) is 12.1 Å². The number of hydrogen-bond acceptors (Lipinski definition) is 5. The Morgan fingerprint density at radius 3 is 2.87 bits per heavy atom. The van der Waals surface area contributed by atoms with Gasteiger partial charge in [0.2, 0.25) is 0 Å². The van der Waals surface area contributed by atoms with Gasteiger partial charge in [-0.2, -0.15) is 5.10 Å². The summed E-state index contributed by atoms with van der Waals surface area (Å²) < 4.78 is 1.84. The topological polar surface area (TPSA) is 67.1 Å². The summed E-state index contributed by atoms with van der Waals surface area (Å²) >= 11 is 0. The van der Waals surface area contributed by atoms with Crippen molar-refractivity contribution in [3.05, 3.63) is 42.9 Å². The van der Waals surface area contributed by atoms with Crippen molar-refractivity contribution in [1.29, 1.82) is 0 Å². The van der Waals surface area contributed by atoms with E-state index in [1.54, 1.807) is 6.33 Å². The normalized spacial score (nSPS) is 18.5. The minimum Gasteiger partial charge on any atom is -0.396 e. The molecule has 0 radical (unpaired) electrons. The molecule has 118 valence electrons. The first-order chi connectivity index (χ1) is 11.4. The second kappa shape index (κ2) is 5.96. The number of para-hydroxylation sites is 1. The predicted octanol–water partition coefficient (Wildman–Crippen LogP) is 2.02. The Hall–Kier alpha value is -2.47. The van der Waals surface area contributed by atoms with Crippen molar-refractivity contribution < 1.29 is 5.11 Å². The average Bonchev–Trinajstić information content (AvgIpc) is 3.06. The first-order valence-electron chi connectivity index (χ1n) is 7.97. The van der Waals surface area contributed by atoms with E-state index in [4.69, 9.17) is 0 Å². The lowest BCUT2D eigenvalue weighted by Crippen LogP contribution is -2.37. The number of hydrogen-bond donors (Lipinski definition) is 1. The Kier molecular flexibility index (Phi) is 3.67. The van der Waals surface area contributed by atoms with E-state index in [0.29, 0.717) is 5.92 Å². The van der Waals surface area contributed by atoms with Crippen LogP contribution in [0.5, 0.6) is 0 Å². The minimum absolute atomic E-state index is 0.230. The molecule has 2 aromatic heterocycles. The summed E-state index contributed by atoms with van der Waals surface area (Å²) in [6, 6.07) is 9.98. The third-order valence-corrected chi connectivity index (χ3v) is 4.42. The molecule has 1 aliphatic heterocycles. The largest absolute Gasteiger partial charge is 0.396 e. The summed E-state index contributed by atoms with van der Waals surface area (Å²) in [6.07, 6.45) is 5.58. The monoisotopic (exact) mass is 309 g/mol. The van der Waals surface area contributed by atoms with Crippen molar-refractivity contribution in [1.82, 2.24) is 19.7 Å². The molecule has 0 spiro atoms. The zero-order chi connectivity index (χ0) is 15.6. The van der Waals surface area contributed by atoms with E-state index in [0.717, 1.165) is 48.5 Å². The number of benzene rings is 1. The van der Waals surface area contributed by atoms with Crippen LogP contribution in [0.1, 0.15) is 12.8 Å². The number of aliphatic hydroxyl groups is 1. The predicted molar refractivity (Wildman–Crippen MR) is 88.7 cm³/mol. The van der Waals surface area contributed by atoms with Crippen molar-refractivity contribution in [3.8, 4) is 5.69 Å². The molecule has 4 rings (SSSR count). The number of piperidine rings is 1. The highest BCUT2D eigenvalue weighted by Crippen LogP contribution is 2.28. The van der Waals surface area contributed by atoms with Crippen molar-refractivity contribution in [2.75, 3.05) is 24.6 Å². The molecule has 3 heterocycles. The maximum atomic E-state index is 9.45. The van der Waals surface area contributed by atoms with Gasteiger partial charge in [-0.25, -0.2) is 14.6 Å². The van der Waals surface area contributed by atoms with E-state index in [-0.39, 0.29) is 6.61 Å². The standard InChI is InChI=1S/C17H19N5O/c23-11-13-5-4-8-21(10-13)16-15-9-20-22(17(15)19-12-18-16)14-6-2-1-3-7-14/h1-3,6-7,9,12-13,23H,4-5,8,10-11H2. The molecule has 0 amide bonds. The fourth-order valence-corrected chi connectivity index (χ4v) is 3.25. The van der Waals surface area contributed by atoms with Crippen molar-refractivity contribution in [2.45, 2.75) is 12.8 Å². The van der Waals surface area contributed by atoms with Crippen LogP contribution in [0, 0.1) is 5.92 Å². The van der Waals surface area contributed by atoms with Crippen molar-refractivity contribution in [2.24, 2.45) is 5.92 Å². The summed E-state index contributed by atoms with van der Waals surface area (Å²) in [7, 11) is 0. The molecule has 1 N–H and O–H groups in total. The summed E-state index contributed by atoms with van der Waals surface area (Å²) in [4.78, 5) is 11.2. The summed E-state index contributed by atoms with van der Waals surface area (Å²) in [6.45, 7) is 2.02. The lowest BCUT2D eigenvalue weighted by Gasteiger charge is -2.32. The number of fused-ring (bicyclic) bond motifs is 1. The van der Waals surface area contributed by atoms with Crippen molar-refractivity contribution >= 4 is 16.9 Å². The third-order valence-electron chi connectivity index (χ3n) is 4.42. The zero-order valence-electron chi connectivity index (χ0n) is 12.8. The van der Waals surface area contributed by atoms with Gasteiger partial charge in [-0.1, -0.05) is 18.2 Å². The van der Waals surface area contributed by atoms with Crippen LogP contribution in [0.15, 0.2) is 42.9 Å². The lowest BCUT2D eigenvalue weighted by atomic mass is 9.99. The molecule has 1 aliphatic rings. The number of anilines is 1. The highest BCUT2D eigenvalue weighted by Gasteiger charge is 2.23. The maximum absolute atomic E-state index is 9.45. The van der Waals surface area contributed by atoms with Gasteiger partial charge in [0.05, 0.1) is 17.3 Å². The minimum atomic E-state index is 0.230. The van der Waals surface area contributed by atoms with E-state index in [9.17, 15) is 5.11 Å². The quantitative estimate of drug-likeness (QED) is 0.802. The highest BCUT2D eigenvalue weighted by molar-refractivity contribution is 5.87. The maximum Gasteiger partial charge on any atom is 0.168 e. The molecule has 0 bridgehead atoms. The van der Waals surface area contributed by atoms with Crippen LogP contribution in [0.25, 0.3) is 16.7 Å². The summed E-state index contributed by atoms with van der Waals surface area (Å²) in [5, 5.41) is 14.9. The highest BCUT2D eigenvalue weighted by atomic mass is 16.3. The van der Waals surface area contributed by atoms with Gasteiger partial charge in [-0.3, -0.25) is 0 Å². The van der Waals surface area contributed by atoms with Gasteiger partial charge in [0.15, 0.2) is 5.65 Å². The molecular weight excluding hydrogens is 290 g/mol. The van der Waals surface area contributed by atoms with Crippen molar-refractivity contribution in [3.63, 3.8) is 0 Å². The van der Waals surface area contributed by atoms with Gasteiger partial charge < -0.3 is 10.0 Å². The SMILES string of the molecule is OCC1CCCN(c2ncnc3c2cnn3-c2ccccc2)C1. The first-order valence-corrected chi connectivity index (χ1v) is 7.97. The number of nitrogens with zero attached hydrogens (tertiary/aromatic N) is 5. The number of rotatable bonds is 3. The van der Waals surface area contributed by atoms with E-state index in [2.05, 4.69) is 20.0 Å². The smallest absolute Gasteiger partial charge is 0.168 e. The van der Waals surface area contributed by atoms with Crippen LogP contribution < -0.4 is 4.90 Å². The van der Waals surface area contributed by atoms with Gasteiger partial charge in [-0.05, 0) is 30.9 Å². The fourth-order valence-electron chi connectivity index (χ4n) is 3.25. The Bertz CT molecular complexity index is 801.